The molecule has 0 spiro atoms. The van der Waals surface area contributed by atoms with Crippen LogP contribution in [-0.2, 0) is 20.7 Å². The van der Waals surface area contributed by atoms with Gasteiger partial charge in [-0.2, -0.15) is 0 Å². The van der Waals surface area contributed by atoms with Gasteiger partial charge in [0.1, 0.15) is 5.75 Å². The van der Waals surface area contributed by atoms with Crippen LogP contribution in [0.25, 0.3) is 0 Å². The Balaban J connectivity index is 2.47. The molecule has 0 bridgehead atoms. The second-order valence-corrected chi connectivity index (χ2v) is 4.60. The number of esters is 1. The summed E-state index contributed by atoms with van der Waals surface area (Å²) in [6.07, 6.45) is 1.46. The van der Waals surface area contributed by atoms with E-state index in [0.717, 1.165) is 24.2 Å². The first-order valence-electron chi connectivity index (χ1n) is 7.23. The summed E-state index contributed by atoms with van der Waals surface area (Å²) < 4.78 is 15.7. The zero-order chi connectivity index (χ0) is 15.5. The molecule has 0 aromatic heterocycles. The number of hydrogen-bond acceptors (Lipinski definition) is 5. The first kappa shape index (κ1) is 17.5. The predicted molar refractivity (Wildman–Crippen MR) is 79.4 cm³/mol. The van der Waals surface area contributed by atoms with Gasteiger partial charge in [-0.1, -0.05) is 12.1 Å². The number of aliphatic hydroxyl groups is 1. The van der Waals surface area contributed by atoms with Crippen LogP contribution in [0.5, 0.6) is 5.75 Å². The van der Waals surface area contributed by atoms with Crippen LogP contribution in [0.4, 0.5) is 0 Å². The first-order valence-corrected chi connectivity index (χ1v) is 7.23. The van der Waals surface area contributed by atoms with Crippen molar-refractivity contribution in [2.24, 2.45) is 0 Å². The quantitative estimate of drug-likeness (QED) is 0.528. The average Bonchev–Trinajstić information content (AvgIpc) is 2.50. The summed E-state index contributed by atoms with van der Waals surface area (Å²) in [6, 6.07) is 7.55. The highest BCUT2D eigenvalue weighted by atomic mass is 16.6. The lowest BCUT2D eigenvalue weighted by atomic mass is 10.1. The van der Waals surface area contributed by atoms with E-state index in [1.165, 1.54) is 7.11 Å². The van der Waals surface area contributed by atoms with Crippen LogP contribution in [-0.4, -0.2) is 44.1 Å². The van der Waals surface area contributed by atoms with Crippen molar-refractivity contribution >= 4 is 5.97 Å². The van der Waals surface area contributed by atoms with E-state index in [0.29, 0.717) is 19.6 Å². The average molecular weight is 296 g/mol. The molecule has 118 valence electrons. The summed E-state index contributed by atoms with van der Waals surface area (Å²) in [6.45, 7) is 2.89. The highest BCUT2D eigenvalue weighted by molar-refractivity contribution is 5.75. The highest BCUT2D eigenvalue weighted by Crippen LogP contribution is 2.15. The molecule has 0 saturated heterocycles. The van der Waals surface area contributed by atoms with Gasteiger partial charge in [0.05, 0.1) is 13.2 Å². The van der Waals surface area contributed by atoms with Gasteiger partial charge in [-0.25, -0.2) is 4.79 Å². The van der Waals surface area contributed by atoms with E-state index >= 15 is 0 Å². The minimum atomic E-state index is -0.582. The van der Waals surface area contributed by atoms with Crippen LogP contribution in [0.3, 0.4) is 0 Å². The van der Waals surface area contributed by atoms with E-state index in [9.17, 15) is 4.79 Å². The maximum atomic E-state index is 11.7. The van der Waals surface area contributed by atoms with Gasteiger partial charge in [-0.3, -0.25) is 0 Å². The molecule has 1 aromatic rings. The molecule has 1 N–H and O–H groups in total. The number of ether oxygens (including phenoxy) is 3. The Bertz CT molecular complexity index is 402. The number of hydrogen-bond donors (Lipinski definition) is 1. The molecule has 0 fully saturated rings. The normalized spacial score (nSPS) is 12.0. The van der Waals surface area contributed by atoms with E-state index in [-0.39, 0.29) is 12.6 Å². The summed E-state index contributed by atoms with van der Waals surface area (Å²) in [5.74, 6) is 0.436. The monoisotopic (exact) mass is 296 g/mol. The fraction of sp³-hybridized carbons (Fsp3) is 0.562. The predicted octanol–water partition coefficient (Wildman–Crippen LogP) is 1.96. The topological polar surface area (TPSA) is 65.0 Å². The summed E-state index contributed by atoms with van der Waals surface area (Å²) in [7, 11) is 1.50. The van der Waals surface area contributed by atoms with Crippen molar-refractivity contribution in [2.75, 3.05) is 26.9 Å². The molecular weight excluding hydrogens is 272 g/mol. The van der Waals surface area contributed by atoms with Crippen molar-refractivity contribution in [1.82, 2.24) is 0 Å². The zero-order valence-corrected chi connectivity index (χ0v) is 12.7. The molecule has 0 aliphatic rings. The Morgan fingerprint density at radius 2 is 1.95 bits per heavy atom. The maximum absolute atomic E-state index is 11.7. The number of carbonyl (C=O) groups is 1. The number of rotatable bonds is 10. The zero-order valence-electron chi connectivity index (χ0n) is 12.7. The van der Waals surface area contributed by atoms with Crippen LogP contribution in [0, 0.1) is 0 Å². The SMILES string of the molecule is CCOC(=O)C(Cc1ccc(OCCCCO)cc1)OC. The number of carbonyl (C=O) groups excluding carboxylic acids is 1. The molecule has 1 atom stereocenters. The van der Waals surface area contributed by atoms with Crippen molar-refractivity contribution in [3.05, 3.63) is 29.8 Å². The van der Waals surface area contributed by atoms with E-state index in [2.05, 4.69) is 0 Å². The lowest BCUT2D eigenvalue weighted by molar-refractivity contribution is -0.154. The lowest BCUT2D eigenvalue weighted by Gasteiger charge is -2.14. The summed E-state index contributed by atoms with van der Waals surface area (Å²) in [5.41, 5.74) is 0.984. The van der Waals surface area contributed by atoms with Gasteiger partial charge in [-0.15, -0.1) is 0 Å². The van der Waals surface area contributed by atoms with Crippen LogP contribution < -0.4 is 4.74 Å². The van der Waals surface area contributed by atoms with Gasteiger partial charge in [0, 0.05) is 20.1 Å². The molecule has 0 radical (unpaired) electrons. The third-order valence-electron chi connectivity index (χ3n) is 3.00. The smallest absolute Gasteiger partial charge is 0.335 e. The Morgan fingerprint density at radius 3 is 2.52 bits per heavy atom. The molecule has 0 saturated carbocycles. The molecule has 1 rings (SSSR count). The number of unbranched alkanes of at least 4 members (excludes halogenated alkanes) is 1. The van der Waals surface area contributed by atoms with Crippen molar-refractivity contribution in [1.29, 1.82) is 0 Å². The van der Waals surface area contributed by atoms with Crippen molar-refractivity contribution in [2.45, 2.75) is 32.3 Å². The van der Waals surface area contributed by atoms with Crippen LogP contribution >= 0.6 is 0 Å². The van der Waals surface area contributed by atoms with Gasteiger partial charge in [-0.05, 0) is 37.5 Å². The Kier molecular flexibility index (Phi) is 8.47. The molecule has 0 aliphatic heterocycles. The fourth-order valence-corrected chi connectivity index (χ4v) is 1.84. The Morgan fingerprint density at radius 1 is 1.24 bits per heavy atom. The number of aliphatic hydroxyl groups excluding tert-OH is 1. The molecule has 5 nitrogen and oxygen atoms in total. The molecule has 0 heterocycles. The van der Waals surface area contributed by atoms with Crippen LogP contribution in [0.15, 0.2) is 24.3 Å². The van der Waals surface area contributed by atoms with Crippen LogP contribution in [0.1, 0.15) is 25.3 Å². The summed E-state index contributed by atoms with van der Waals surface area (Å²) >= 11 is 0. The van der Waals surface area contributed by atoms with E-state index in [1.54, 1.807) is 6.92 Å². The van der Waals surface area contributed by atoms with Gasteiger partial charge in [0.25, 0.3) is 0 Å². The standard InChI is InChI=1S/C16H24O5/c1-3-20-16(18)15(19-2)12-13-6-8-14(9-7-13)21-11-5-4-10-17/h6-9,15,17H,3-5,10-12H2,1-2H3. The lowest BCUT2D eigenvalue weighted by Crippen LogP contribution is -2.27. The summed E-state index contributed by atoms with van der Waals surface area (Å²) in [4.78, 5) is 11.7. The number of benzene rings is 1. The molecular formula is C16H24O5. The Labute approximate surface area is 125 Å². The Hall–Kier alpha value is -1.59. The molecule has 5 heteroatoms. The van der Waals surface area contributed by atoms with Gasteiger partial charge in [0.15, 0.2) is 6.10 Å². The minimum absolute atomic E-state index is 0.189. The minimum Gasteiger partial charge on any atom is -0.494 e. The van der Waals surface area contributed by atoms with E-state index in [1.807, 2.05) is 24.3 Å². The second-order valence-electron chi connectivity index (χ2n) is 4.60. The second kappa shape index (κ2) is 10.2. The van der Waals surface area contributed by atoms with Gasteiger partial charge >= 0.3 is 5.97 Å². The third-order valence-corrected chi connectivity index (χ3v) is 3.00. The number of methoxy groups -OCH3 is 1. The van der Waals surface area contributed by atoms with Gasteiger partial charge in [0.2, 0.25) is 0 Å². The van der Waals surface area contributed by atoms with Crippen molar-refractivity contribution < 1.29 is 24.1 Å². The van der Waals surface area contributed by atoms with Crippen molar-refractivity contribution in [3.8, 4) is 5.75 Å². The summed E-state index contributed by atoms with van der Waals surface area (Å²) in [5, 5.41) is 8.68. The van der Waals surface area contributed by atoms with Crippen LogP contribution in [0.2, 0.25) is 0 Å². The van der Waals surface area contributed by atoms with Gasteiger partial charge < -0.3 is 19.3 Å². The largest absolute Gasteiger partial charge is 0.494 e. The molecule has 1 aromatic carbocycles. The molecule has 21 heavy (non-hydrogen) atoms. The van der Waals surface area contributed by atoms with Crippen molar-refractivity contribution in [3.63, 3.8) is 0 Å². The highest BCUT2D eigenvalue weighted by Gasteiger charge is 2.19. The first-order chi connectivity index (χ1) is 10.2. The fourth-order valence-electron chi connectivity index (χ4n) is 1.84. The van der Waals surface area contributed by atoms with E-state index in [4.69, 9.17) is 19.3 Å². The van der Waals surface area contributed by atoms with E-state index < -0.39 is 6.10 Å². The molecule has 0 amide bonds. The third kappa shape index (κ3) is 6.60. The molecule has 1 unspecified atom stereocenters. The molecule has 0 aliphatic carbocycles. The maximum Gasteiger partial charge on any atom is 0.335 e.